The van der Waals surface area contributed by atoms with Crippen LogP contribution in [0.2, 0.25) is 0 Å². The summed E-state index contributed by atoms with van der Waals surface area (Å²) in [5.41, 5.74) is 2.44. The van der Waals surface area contributed by atoms with Crippen molar-refractivity contribution in [1.82, 2.24) is 0 Å². The van der Waals surface area contributed by atoms with Crippen molar-refractivity contribution in [2.75, 3.05) is 13.1 Å². The molecule has 0 fully saturated rings. The van der Waals surface area contributed by atoms with E-state index in [0.29, 0.717) is 6.54 Å². The first-order valence-electron chi connectivity index (χ1n) is 6.49. The molecule has 0 spiro atoms. The zero-order chi connectivity index (χ0) is 12.4. The minimum absolute atomic E-state index is 0.689. The predicted octanol–water partition coefficient (Wildman–Crippen LogP) is 1.04. The van der Waals surface area contributed by atoms with Crippen LogP contribution in [0, 0.1) is 0 Å². The molecule has 2 heteroatoms. The second-order valence-corrected chi connectivity index (χ2v) is 4.91. The number of hydrogen-bond acceptors (Lipinski definition) is 1. The molecule has 18 heavy (non-hydrogen) atoms. The van der Waals surface area contributed by atoms with E-state index >= 15 is 0 Å². The minimum Gasteiger partial charge on any atom is -0.375 e. The summed E-state index contributed by atoms with van der Waals surface area (Å²) in [4.78, 5) is 0. The average molecular weight is 240 g/mol. The molecule has 0 saturated carbocycles. The fourth-order valence-corrected chi connectivity index (χ4v) is 2.81. The molecule has 0 aromatic heterocycles. The van der Waals surface area contributed by atoms with Gasteiger partial charge in [0.1, 0.15) is 6.54 Å². The van der Waals surface area contributed by atoms with Gasteiger partial charge in [-0.3, -0.25) is 0 Å². The van der Waals surface area contributed by atoms with Gasteiger partial charge in [0.2, 0.25) is 0 Å². The van der Waals surface area contributed by atoms with Crippen molar-refractivity contribution in [1.29, 1.82) is 0 Å². The number of rotatable bonds is 1. The lowest BCUT2D eigenvalue weighted by atomic mass is 9.84. The molecule has 92 valence electrons. The molecule has 0 bridgehead atoms. The Morgan fingerprint density at radius 1 is 0.944 bits per heavy atom. The van der Waals surface area contributed by atoms with E-state index in [2.05, 4.69) is 23.5 Å². The van der Waals surface area contributed by atoms with Crippen LogP contribution >= 0.6 is 0 Å². The van der Waals surface area contributed by atoms with E-state index in [1.807, 2.05) is 36.4 Å². The van der Waals surface area contributed by atoms with Gasteiger partial charge in [-0.25, -0.2) is 0 Å². The zero-order valence-corrected chi connectivity index (χ0v) is 10.3. The number of hydrogen-bond donors (Lipinski definition) is 2. The molecule has 3 rings (SSSR count). The highest BCUT2D eigenvalue weighted by Crippen LogP contribution is 2.31. The summed E-state index contributed by atoms with van der Waals surface area (Å²) in [5.74, 6) is 0. The molecule has 2 aromatic carbocycles. The molecular formula is C16H18NO+. The van der Waals surface area contributed by atoms with Gasteiger partial charge < -0.3 is 10.4 Å². The van der Waals surface area contributed by atoms with Crippen molar-refractivity contribution in [3.05, 3.63) is 71.3 Å². The summed E-state index contributed by atoms with van der Waals surface area (Å²) < 4.78 is 0. The highest BCUT2D eigenvalue weighted by molar-refractivity contribution is 5.41. The highest BCUT2D eigenvalue weighted by Gasteiger charge is 2.36. The molecule has 1 heterocycles. The largest absolute Gasteiger partial charge is 0.375 e. The molecule has 1 atom stereocenters. The molecule has 2 nitrogen and oxygen atoms in total. The van der Waals surface area contributed by atoms with Crippen molar-refractivity contribution in [2.45, 2.75) is 12.0 Å². The molecule has 0 saturated heterocycles. The first-order chi connectivity index (χ1) is 8.81. The van der Waals surface area contributed by atoms with E-state index in [0.717, 1.165) is 24.1 Å². The maximum Gasteiger partial charge on any atom is 0.164 e. The fourth-order valence-electron chi connectivity index (χ4n) is 2.81. The number of benzene rings is 2. The van der Waals surface area contributed by atoms with E-state index in [4.69, 9.17) is 0 Å². The van der Waals surface area contributed by atoms with Gasteiger partial charge in [0, 0.05) is 6.42 Å². The summed E-state index contributed by atoms with van der Waals surface area (Å²) in [6.07, 6.45) is 1.02. The summed E-state index contributed by atoms with van der Waals surface area (Å²) in [6.45, 7) is 1.72. The highest BCUT2D eigenvalue weighted by atomic mass is 16.3. The Morgan fingerprint density at radius 2 is 1.67 bits per heavy atom. The maximum atomic E-state index is 11.1. The van der Waals surface area contributed by atoms with Crippen molar-refractivity contribution < 1.29 is 10.4 Å². The van der Waals surface area contributed by atoms with Crippen LogP contribution in [0.4, 0.5) is 0 Å². The van der Waals surface area contributed by atoms with Crippen LogP contribution in [-0.4, -0.2) is 18.2 Å². The molecule has 2 aromatic rings. The molecule has 1 unspecified atom stereocenters. The van der Waals surface area contributed by atoms with Gasteiger partial charge in [-0.2, -0.15) is 0 Å². The number of aliphatic hydroxyl groups is 1. The minimum atomic E-state index is -0.867. The molecule has 0 radical (unpaired) electrons. The number of quaternary nitrogens is 1. The van der Waals surface area contributed by atoms with Gasteiger partial charge in [-0.15, -0.1) is 0 Å². The Balaban J connectivity index is 2.16. The lowest BCUT2D eigenvalue weighted by Gasteiger charge is -2.27. The van der Waals surface area contributed by atoms with Gasteiger partial charge in [-0.1, -0.05) is 54.6 Å². The van der Waals surface area contributed by atoms with Crippen molar-refractivity contribution >= 4 is 0 Å². The van der Waals surface area contributed by atoms with E-state index in [1.165, 1.54) is 5.56 Å². The third kappa shape index (κ3) is 1.84. The van der Waals surface area contributed by atoms with Gasteiger partial charge in [-0.05, 0) is 16.7 Å². The van der Waals surface area contributed by atoms with Gasteiger partial charge in [0.05, 0.1) is 6.54 Å². The van der Waals surface area contributed by atoms with E-state index in [-0.39, 0.29) is 0 Å². The summed E-state index contributed by atoms with van der Waals surface area (Å²) in [6, 6.07) is 18.2. The Morgan fingerprint density at radius 3 is 2.50 bits per heavy atom. The zero-order valence-electron chi connectivity index (χ0n) is 10.3. The number of fused-ring (bicyclic) bond motifs is 1. The van der Waals surface area contributed by atoms with Crippen LogP contribution in [-0.2, 0) is 12.0 Å². The Bertz CT molecular complexity index is 538. The molecule has 1 aliphatic heterocycles. The first-order valence-corrected chi connectivity index (χ1v) is 6.49. The normalized spacial score (nSPS) is 23.2. The van der Waals surface area contributed by atoms with Crippen LogP contribution in [0.3, 0.4) is 0 Å². The predicted molar refractivity (Wildman–Crippen MR) is 71.2 cm³/mol. The fraction of sp³-hybridized carbons (Fsp3) is 0.250. The van der Waals surface area contributed by atoms with Crippen molar-refractivity contribution in [2.24, 2.45) is 0 Å². The van der Waals surface area contributed by atoms with Crippen molar-refractivity contribution in [3.8, 4) is 0 Å². The second kappa shape index (κ2) is 4.56. The van der Waals surface area contributed by atoms with E-state index in [1.54, 1.807) is 0 Å². The number of nitrogens with two attached hydrogens (primary N) is 1. The standard InChI is InChI=1S/C16H17NO/c18-16(14-7-2-1-3-8-14)12-17-11-10-13-6-4-5-9-15(13)16/h1-9,17-18H,10-12H2/p+1. The Hall–Kier alpha value is -1.64. The third-order valence-electron chi connectivity index (χ3n) is 3.77. The topological polar surface area (TPSA) is 36.8 Å². The van der Waals surface area contributed by atoms with Gasteiger partial charge in [0.15, 0.2) is 5.60 Å². The summed E-state index contributed by atoms with van der Waals surface area (Å²) >= 11 is 0. The average Bonchev–Trinajstić information content (AvgIpc) is 2.61. The Kier molecular flexibility index (Phi) is 2.90. The van der Waals surface area contributed by atoms with E-state index in [9.17, 15) is 5.11 Å². The van der Waals surface area contributed by atoms with Crippen LogP contribution in [0.15, 0.2) is 54.6 Å². The molecular weight excluding hydrogens is 222 g/mol. The molecule has 1 aliphatic rings. The van der Waals surface area contributed by atoms with Crippen LogP contribution in [0.25, 0.3) is 0 Å². The Labute approximate surface area is 107 Å². The first kappa shape index (κ1) is 11.5. The lowest BCUT2D eigenvalue weighted by molar-refractivity contribution is -0.665. The van der Waals surface area contributed by atoms with Gasteiger partial charge >= 0.3 is 0 Å². The monoisotopic (exact) mass is 240 g/mol. The summed E-state index contributed by atoms with van der Waals surface area (Å²) in [5, 5.41) is 13.3. The quantitative estimate of drug-likeness (QED) is 0.768. The van der Waals surface area contributed by atoms with E-state index < -0.39 is 5.60 Å². The molecule has 0 amide bonds. The second-order valence-electron chi connectivity index (χ2n) is 4.91. The maximum absolute atomic E-state index is 11.1. The molecule has 3 N–H and O–H groups in total. The summed E-state index contributed by atoms with van der Waals surface area (Å²) in [7, 11) is 0. The van der Waals surface area contributed by atoms with Crippen LogP contribution in [0.5, 0.6) is 0 Å². The molecule has 0 aliphatic carbocycles. The smallest absolute Gasteiger partial charge is 0.164 e. The van der Waals surface area contributed by atoms with Crippen LogP contribution < -0.4 is 5.32 Å². The van der Waals surface area contributed by atoms with Crippen LogP contribution in [0.1, 0.15) is 16.7 Å². The lowest BCUT2D eigenvalue weighted by Crippen LogP contribution is -2.87. The SMILES string of the molecule is OC1(c2ccccc2)C[NH2+]CCc2ccccc21. The van der Waals surface area contributed by atoms with Gasteiger partial charge in [0.25, 0.3) is 0 Å². The third-order valence-corrected chi connectivity index (χ3v) is 3.77. The van der Waals surface area contributed by atoms with Crippen molar-refractivity contribution in [3.63, 3.8) is 0 Å².